The van der Waals surface area contributed by atoms with Gasteiger partial charge >= 0.3 is 12.1 Å². The zero-order valence-electron chi connectivity index (χ0n) is 16.6. The number of carboxylic acid groups (broad SMARTS) is 1. The maximum atomic E-state index is 13.0. The minimum atomic E-state index is -4.54. The Bertz CT molecular complexity index is 1290. The van der Waals surface area contributed by atoms with Gasteiger partial charge in [-0.05, 0) is 55.5 Å². The number of carbonyl (C=O) groups is 2. The van der Waals surface area contributed by atoms with E-state index in [1.54, 1.807) is 31.2 Å². The fraction of sp³-hybridized carbons (Fsp3) is 0.0870. The van der Waals surface area contributed by atoms with E-state index in [2.05, 4.69) is 5.10 Å². The van der Waals surface area contributed by atoms with Crippen LogP contribution in [0.15, 0.2) is 75.8 Å². The molecule has 0 saturated heterocycles. The van der Waals surface area contributed by atoms with E-state index in [1.807, 2.05) is 0 Å². The zero-order chi connectivity index (χ0) is 23.0. The number of carbonyl (C=O) groups excluding carboxylic acids is 1. The van der Waals surface area contributed by atoms with Gasteiger partial charge in [-0.3, -0.25) is 4.79 Å². The smallest absolute Gasteiger partial charge is 0.416 e. The predicted molar refractivity (Wildman–Crippen MR) is 111 cm³/mol. The van der Waals surface area contributed by atoms with E-state index in [-0.39, 0.29) is 16.8 Å². The number of amides is 1. The van der Waals surface area contributed by atoms with Gasteiger partial charge in [0.2, 0.25) is 0 Å². The second kappa shape index (κ2) is 7.84. The van der Waals surface area contributed by atoms with Crippen molar-refractivity contribution in [2.45, 2.75) is 13.1 Å². The Morgan fingerprint density at radius 3 is 2.56 bits per heavy atom. The number of nitrogens with zero attached hydrogens (tertiary/aromatic N) is 2. The van der Waals surface area contributed by atoms with Gasteiger partial charge in [0.15, 0.2) is 0 Å². The SMILES string of the molecule is CC1=NN(c2cccc(C(F)(F)F)c2)C(=O)/C1=C\c1ccc(-c2cccc(C(=O)O)c2)o1. The maximum absolute atomic E-state index is 13.0. The van der Waals surface area contributed by atoms with Crippen molar-refractivity contribution in [1.29, 1.82) is 0 Å². The highest BCUT2D eigenvalue weighted by molar-refractivity contribution is 6.32. The molecule has 0 aliphatic carbocycles. The van der Waals surface area contributed by atoms with Crippen molar-refractivity contribution in [3.05, 3.63) is 83.1 Å². The number of aromatic carboxylic acids is 1. The average molecular weight is 440 g/mol. The van der Waals surface area contributed by atoms with Gasteiger partial charge in [0.1, 0.15) is 11.5 Å². The molecule has 0 atom stereocenters. The van der Waals surface area contributed by atoms with Crippen LogP contribution in [0.1, 0.15) is 28.6 Å². The van der Waals surface area contributed by atoms with Crippen LogP contribution in [0.2, 0.25) is 0 Å². The zero-order valence-corrected chi connectivity index (χ0v) is 16.6. The third kappa shape index (κ3) is 4.04. The molecule has 1 amide bonds. The Morgan fingerprint density at radius 1 is 1.09 bits per heavy atom. The summed E-state index contributed by atoms with van der Waals surface area (Å²) < 4.78 is 44.8. The first-order chi connectivity index (χ1) is 15.1. The standard InChI is InChI=1S/C23H15F3N2O4/c1-13-19(21(29)28(27-13)17-7-3-6-16(11-17)23(24,25)26)12-18-8-9-20(32-18)14-4-2-5-15(10-14)22(30)31/h2-12H,1H3,(H,30,31)/b19-12-. The molecule has 162 valence electrons. The van der Waals surface area contributed by atoms with Crippen molar-refractivity contribution in [3.63, 3.8) is 0 Å². The average Bonchev–Trinajstić information content (AvgIpc) is 3.34. The number of rotatable bonds is 4. The van der Waals surface area contributed by atoms with E-state index >= 15 is 0 Å². The minimum absolute atomic E-state index is 0.00167. The Hall–Kier alpha value is -4.14. The summed E-state index contributed by atoms with van der Waals surface area (Å²) in [7, 11) is 0. The molecule has 9 heteroatoms. The molecule has 0 unspecified atom stereocenters. The molecule has 0 fully saturated rings. The summed E-state index contributed by atoms with van der Waals surface area (Å²) in [4.78, 5) is 24.0. The number of hydrazone groups is 1. The normalized spacial score (nSPS) is 15.4. The van der Waals surface area contributed by atoms with Crippen LogP contribution in [0.5, 0.6) is 0 Å². The van der Waals surface area contributed by atoms with E-state index in [1.165, 1.54) is 30.3 Å². The molecule has 3 aromatic rings. The molecule has 0 spiro atoms. The van der Waals surface area contributed by atoms with Crippen LogP contribution >= 0.6 is 0 Å². The van der Waals surface area contributed by atoms with Crippen LogP contribution in [-0.2, 0) is 11.0 Å². The van der Waals surface area contributed by atoms with Gasteiger partial charge in [-0.15, -0.1) is 0 Å². The lowest BCUT2D eigenvalue weighted by atomic mass is 10.1. The van der Waals surface area contributed by atoms with Gasteiger partial charge in [0, 0.05) is 5.56 Å². The topological polar surface area (TPSA) is 83.1 Å². The van der Waals surface area contributed by atoms with Crippen LogP contribution in [-0.4, -0.2) is 22.7 Å². The molecule has 4 rings (SSSR count). The molecule has 1 aliphatic heterocycles. The predicted octanol–water partition coefficient (Wildman–Crippen LogP) is 5.47. The number of carboxylic acids is 1. The summed E-state index contributed by atoms with van der Waals surface area (Å²) >= 11 is 0. The van der Waals surface area contributed by atoms with Crippen molar-refractivity contribution in [1.82, 2.24) is 0 Å². The molecule has 2 heterocycles. The summed E-state index contributed by atoms with van der Waals surface area (Å²) in [6, 6.07) is 13.8. The first-order valence-electron chi connectivity index (χ1n) is 9.36. The number of hydrogen-bond acceptors (Lipinski definition) is 4. The molecule has 0 radical (unpaired) electrons. The van der Waals surface area contributed by atoms with Crippen molar-refractivity contribution in [3.8, 4) is 11.3 Å². The fourth-order valence-electron chi connectivity index (χ4n) is 3.21. The number of hydrogen-bond donors (Lipinski definition) is 1. The van der Waals surface area contributed by atoms with Gasteiger partial charge in [0.25, 0.3) is 5.91 Å². The summed E-state index contributed by atoms with van der Waals surface area (Å²) in [5, 5.41) is 14.1. The van der Waals surface area contributed by atoms with Crippen LogP contribution in [0.25, 0.3) is 17.4 Å². The number of halogens is 3. The van der Waals surface area contributed by atoms with Crippen molar-refractivity contribution in [2.75, 3.05) is 5.01 Å². The Kier molecular flexibility index (Phi) is 5.17. The van der Waals surface area contributed by atoms with Crippen LogP contribution in [0, 0.1) is 0 Å². The first-order valence-corrected chi connectivity index (χ1v) is 9.36. The summed E-state index contributed by atoms with van der Waals surface area (Å²) in [6.45, 7) is 1.57. The molecule has 1 aromatic heterocycles. The largest absolute Gasteiger partial charge is 0.478 e. The summed E-state index contributed by atoms with van der Waals surface area (Å²) in [5.41, 5.74) is 0.249. The molecule has 1 aliphatic rings. The Morgan fingerprint density at radius 2 is 1.84 bits per heavy atom. The molecular formula is C23H15F3N2O4. The molecular weight excluding hydrogens is 425 g/mol. The molecule has 6 nitrogen and oxygen atoms in total. The van der Waals surface area contributed by atoms with Crippen molar-refractivity contribution in [2.24, 2.45) is 5.10 Å². The highest BCUT2D eigenvalue weighted by atomic mass is 19.4. The summed E-state index contributed by atoms with van der Waals surface area (Å²) in [6.07, 6.45) is -3.10. The number of benzene rings is 2. The van der Waals surface area contributed by atoms with Gasteiger partial charge in [-0.1, -0.05) is 18.2 Å². The van der Waals surface area contributed by atoms with Crippen molar-refractivity contribution >= 4 is 29.4 Å². The van der Waals surface area contributed by atoms with Crippen LogP contribution in [0.4, 0.5) is 18.9 Å². The van der Waals surface area contributed by atoms with E-state index in [9.17, 15) is 22.8 Å². The van der Waals surface area contributed by atoms with Gasteiger partial charge < -0.3 is 9.52 Å². The second-order valence-corrected chi connectivity index (χ2v) is 7.00. The molecule has 32 heavy (non-hydrogen) atoms. The second-order valence-electron chi connectivity index (χ2n) is 7.00. The van der Waals surface area contributed by atoms with Crippen LogP contribution in [0.3, 0.4) is 0 Å². The third-order valence-electron chi connectivity index (χ3n) is 4.79. The molecule has 0 bridgehead atoms. The van der Waals surface area contributed by atoms with E-state index in [4.69, 9.17) is 9.52 Å². The molecule has 0 saturated carbocycles. The van der Waals surface area contributed by atoms with E-state index < -0.39 is 23.6 Å². The highest BCUT2D eigenvalue weighted by Gasteiger charge is 2.33. The van der Waals surface area contributed by atoms with Gasteiger partial charge in [-0.2, -0.15) is 23.3 Å². The lowest BCUT2D eigenvalue weighted by molar-refractivity contribution is -0.137. The lowest BCUT2D eigenvalue weighted by Gasteiger charge is -2.14. The maximum Gasteiger partial charge on any atom is 0.416 e. The quantitative estimate of drug-likeness (QED) is 0.546. The fourth-order valence-corrected chi connectivity index (χ4v) is 3.21. The van der Waals surface area contributed by atoms with Gasteiger partial charge in [-0.25, -0.2) is 4.79 Å². The number of furan rings is 1. The Labute approximate surface area is 179 Å². The monoisotopic (exact) mass is 440 g/mol. The lowest BCUT2D eigenvalue weighted by Crippen LogP contribution is -2.21. The third-order valence-corrected chi connectivity index (χ3v) is 4.79. The summed E-state index contributed by atoms with van der Waals surface area (Å²) in [5.74, 6) is -0.953. The number of anilines is 1. The highest BCUT2D eigenvalue weighted by Crippen LogP contribution is 2.33. The van der Waals surface area contributed by atoms with Crippen molar-refractivity contribution < 1.29 is 32.3 Å². The Balaban J connectivity index is 1.62. The van der Waals surface area contributed by atoms with Gasteiger partial charge in [0.05, 0.1) is 28.1 Å². The van der Waals surface area contributed by atoms with Crippen LogP contribution < -0.4 is 5.01 Å². The molecule has 2 aromatic carbocycles. The molecule has 1 N–H and O–H groups in total. The van der Waals surface area contributed by atoms with E-state index in [0.29, 0.717) is 22.8 Å². The first kappa shape index (κ1) is 21.1. The minimum Gasteiger partial charge on any atom is -0.478 e. The van der Waals surface area contributed by atoms with E-state index in [0.717, 1.165) is 17.1 Å². The number of alkyl halides is 3.